The Bertz CT molecular complexity index is 1290. The third kappa shape index (κ3) is 15.6. The topological polar surface area (TPSA) is 159 Å². The molecule has 52 heavy (non-hydrogen) atoms. The summed E-state index contributed by atoms with van der Waals surface area (Å²) in [6.45, 7) is 9.25. The number of methoxy groups -OCH3 is 4. The van der Waals surface area contributed by atoms with Gasteiger partial charge < -0.3 is 49.9 Å². The molecule has 0 aromatic heterocycles. The van der Waals surface area contributed by atoms with Crippen molar-refractivity contribution >= 4 is 17.9 Å². The van der Waals surface area contributed by atoms with Crippen LogP contribution >= 0.6 is 0 Å². The van der Waals surface area contributed by atoms with Crippen LogP contribution in [0.25, 0.3) is 0 Å². The maximum atomic E-state index is 13.4. The highest BCUT2D eigenvalue weighted by atomic mass is 16.6. The van der Waals surface area contributed by atoms with Crippen LogP contribution in [0.1, 0.15) is 70.4 Å². The van der Waals surface area contributed by atoms with E-state index in [4.69, 9.17) is 35.2 Å². The summed E-state index contributed by atoms with van der Waals surface area (Å²) in [5.41, 5.74) is 12.9. The van der Waals surface area contributed by atoms with Crippen LogP contribution < -0.4 is 30.4 Å². The molecule has 2 rings (SSSR count). The Labute approximate surface area is 310 Å². The molecule has 0 radical (unpaired) electrons. The molecule has 0 spiro atoms. The summed E-state index contributed by atoms with van der Waals surface area (Å²) >= 11 is 0. The van der Waals surface area contributed by atoms with Gasteiger partial charge in [0.05, 0.1) is 28.4 Å². The van der Waals surface area contributed by atoms with Crippen molar-refractivity contribution in [2.75, 3.05) is 80.8 Å². The largest absolute Gasteiger partial charge is 0.493 e. The molecule has 0 heterocycles. The zero-order valence-electron chi connectivity index (χ0n) is 32.5. The Morgan fingerprint density at radius 1 is 0.558 bits per heavy atom. The van der Waals surface area contributed by atoms with E-state index >= 15 is 0 Å². The number of hydrogen-bond donors (Lipinski definition) is 2. The summed E-state index contributed by atoms with van der Waals surface area (Å²) in [5, 5.41) is 0. The molecule has 3 amide bonds. The number of amides is 3. The van der Waals surface area contributed by atoms with Crippen LogP contribution in [0.15, 0.2) is 36.4 Å². The van der Waals surface area contributed by atoms with Gasteiger partial charge in [0.2, 0.25) is 11.8 Å². The Morgan fingerprint density at radius 3 is 1.27 bits per heavy atom. The van der Waals surface area contributed by atoms with E-state index in [2.05, 4.69) is 0 Å². The highest BCUT2D eigenvalue weighted by Gasteiger charge is 2.23. The van der Waals surface area contributed by atoms with Gasteiger partial charge in [-0.2, -0.15) is 0 Å². The SMILES string of the molecule is COc1ccc(CCC(=O)N(CCCN)CCCN(CCCN(CCCN)C(=O)CCc2ccc(OC)c(OC)c2)C(=O)OC(C)(C)C)cc1OC. The predicted octanol–water partition coefficient (Wildman–Crippen LogP) is 4.66. The van der Waals surface area contributed by atoms with E-state index in [-0.39, 0.29) is 11.8 Å². The lowest BCUT2D eigenvalue weighted by atomic mass is 10.1. The van der Waals surface area contributed by atoms with Crippen LogP contribution in [0.3, 0.4) is 0 Å². The number of carbonyl (C=O) groups is 3. The van der Waals surface area contributed by atoms with Gasteiger partial charge in [-0.25, -0.2) is 4.79 Å². The molecule has 0 aliphatic rings. The van der Waals surface area contributed by atoms with Crippen molar-refractivity contribution in [2.45, 2.75) is 77.7 Å². The lowest BCUT2D eigenvalue weighted by molar-refractivity contribution is -0.132. The summed E-state index contributed by atoms with van der Waals surface area (Å²) in [6, 6.07) is 11.3. The van der Waals surface area contributed by atoms with Gasteiger partial charge in [-0.3, -0.25) is 9.59 Å². The summed E-state index contributed by atoms with van der Waals surface area (Å²) in [5.74, 6) is 2.56. The van der Waals surface area contributed by atoms with Gasteiger partial charge in [0, 0.05) is 52.1 Å². The quantitative estimate of drug-likeness (QED) is 0.156. The maximum absolute atomic E-state index is 13.4. The number of ether oxygens (including phenoxy) is 5. The molecular formula is C39H63N5O8. The van der Waals surface area contributed by atoms with Gasteiger partial charge in [-0.05, 0) is 108 Å². The smallest absolute Gasteiger partial charge is 0.410 e. The van der Waals surface area contributed by atoms with E-state index in [1.807, 2.05) is 67.0 Å². The van der Waals surface area contributed by atoms with Gasteiger partial charge >= 0.3 is 6.09 Å². The standard InChI is InChI=1S/C39H63N5O8/c1-39(2,3)52-38(47)44(26-10-24-42(22-8-20-40)36(45)18-14-30-12-16-32(48-4)34(28-30)50-6)27-11-25-43(23-9-21-41)37(46)19-15-31-13-17-33(49-5)35(29-31)51-7/h12-13,16-17,28-29H,8-11,14-15,18-27,40-41H2,1-7H3. The Hall–Kier alpha value is -4.23. The van der Waals surface area contributed by atoms with Gasteiger partial charge in [-0.15, -0.1) is 0 Å². The molecule has 292 valence electrons. The van der Waals surface area contributed by atoms with Crippen LogP contribution in [0.2, 0.25) is 0 Å². The molecule has 2 aromatic rings. The minimum absolute atomic E-state index is 0.0224. The van der Waals surface area contributed by atoms with E-state index in [0.717, 1.165) is 11.1 Å². The van der Waals surface area contributed by atoms with Crippen molar-refractivity contribution in [1.29, 1.82) is 0 Å². The summed E-state index contributed by atoms with van der Waals surface area (Å²) in [7, 11) is 6.35. The number of benzene rings is 2. The molecule has 0 aliphatic carbocycles. The molecule has 0 bridgehead atoms. The summed E-state index contributed by atoms with van der Waals surface area (Å²) in [6.07, 6.45) is 3.82. The third-order valence-electron chi connectivity index (χ3n) is 8.48. The third-order valence-corrected chi connectivity index (χ3v) is 8.48. The van der Waals surface area contributed by atoms with Crippen molar-refractivity contribution in [3.05, 3.63) is 47.5 Å². The summed E-state index contributed by atoms with van der Waals surface area (Å²) in [4.78, 5) is 45.4. The zero-order chi connectivity index (χ0) is 38.5. The minimum Gasteiger partial charge on any atom is -0.493 e. The normalized spacial score (nSPS) is 11.1. The van der Waals surface area contributed by atoms with E-state index in [0.29, 0.717) is 127 Å². The van der Waals surface area contributed by atoms with Crippen LogP contribution in [-0.2, 0) is 27.2 Å². The van der Waals surface area contributed by atoms with Crippen molar-refractivity contribution in [3.63, 3.8) is 0 Å². The molecule has 0 fully saturated rings. The van der Waals surface area contributed by atoms with E-state index in [1.54, 1.807) is 33.3 Å². The first-order valence-electron chi connectivity index (χ1n) is 18.2. The van der Waals surface area contributed by atoms with Gasteiger partial charge in [0.25, 0.3) is 0 Å². The minimum atomic E-state index is -0.671. The maximum Gasteiger partial charge on any atom is 0.410 e. The first-order chi connectivity index (χ1) is 24.9. The first-order valence-corrected chi connectivity index (χ1v) is 18.2. The van der Waals surface area contributed by atoms with E-state index < -0.39 is 11.7 Å². The second kappa shape index (κ2) is 23.4. The first kappa shape index (κ1) is 43.9. The van der Waals surface area contributed by atoms with Crippen LogP contribution in [0.4, 0.5) is 4.79 Å². The molecule has 0 atom stereocenters. The number of nitrogens with two attached hydrogens (primary N) is 2. The van der Waals surface area contributed by atoms with Gasteiger partial charge in [0.1, 0.15) is 5.60 Å². The fourth-order valence-electron chi connectivity index (χ4n) is 5.70. The fourth-order valence-corrected chi connectivity index (χ4v) is 5.70. The second-order valence-electron chi connectivity index (χ2n) is 13.6. The van der Waals surface area contributed by atoms with Crippen LogP contribution in [0.5, 0.6) is 23.0 Å². The van der Waals surface area contributed by atoms with E-state index in [1.165, 1.54) is 0 Å². The predicted molar refractivity (Wildman–Crippen MR) is 203 cm³/mol. The lowest BCUT2D eigenvalue weighted by Crippen LogP contribution is -2.41. The number of rotatable bonds is 24. The fraction of sp³-hybridized carbons (Fsp3) is 0.615. The molecular weight excluding hydrogens is 666 g/mol. The molecule has 13 heteroatoms. The average Bonchev–Trinajstić information content (AvgIpc) is 3.13. The van der Waals surface area contributed by atoms with Gasteiger partial charge in [-0.1, -0.05) is 12.1 Å². The highest BCUT2D eigenvalue weighted by Crippen LogP contribution is 2.29. The highest BCUT2D eigenvalue weighted by molar-refractivity contribution is 5.77. The van der Waals surface area contributed by atoms with Crippen LogP contribution in [0, 0.1) is 0 Å². The molecule has 0 aliphatic heterocycles. The van der Waals surface area contributed by atoms with Crippen molar-refractivity contribution in [2.24, 2.45) is 11.5 Å². The number of aryl methyl sites for hydroxylation is 2. The molecule has 0 saturated heterocycles. The van der Waals surface area contributed by atoms with Crippen molar-refractivity contribution in [1.82, 2.24) is 14.7 Å². The van der Waals surface area contributed by atoms with Gasteiger partial charge in [0.15, 0.2) is 23.0 Å². The van der Waals surface area contributed by atoms with Crippen LogP contribution in [-0.4, -0.2) is 119 Å². The van der Waals surface area contributed by atoms with E-state index in [9.17, 15) is 14.4 Å². The molecule has 13 nitrogen and oxygen atoms in total. The molecule has 0 saturated carbocycles. The Balaban J connectivity index is 2.04. The molecule has 4 N–H and O–H groups in total. The number of nitrogens with zero attached hydrogens (tertiary/aromatic N) is 3. The van der Waals surface area contributed by atoms with Crippen molar-refractivity contribution in [3.8, 4) is 23.0 Å². The average molecular weight is 730 g/mol. The monoisotopic (exact) mass is 729 g/mol. The molecule has 0 unspecified atom stereocenters. The summed E-state index contributed by atoms with van der Waals surface area (Å²) < 4.78 is 27.2. The Morgan fingerprint density at radius 2 is 0.923 bits per heavy atom. The zero-order valence-corrected chi connectivity index (χ0v) is 32.5. The number of carbonyl (C=O) groups excluding carboxylic acids is 3. The van der Waals surface area contributed by atoms with Crippen molar-refractivity contribution < 1.29 is 38.1 Å². The molecule has 2 aromatic carbocycles. The number of hydrogen-bond acceptors (Lipinski definition) is 10. The second-order valence-corrected chi connectivity index (χ2v) is 13.6. The lowest BCUT2D eigenvalue weighted by Gasteiger charge is -2.30. The Kier molecular flexibility index (Phi) is 19.7.